The molecule has 8 aromatic rings. The Morgan fingerprint density at radius 2 is 1.27 bits per heavy atom. The molecule has 44 heavy (non-hydrogen) atoms. The van der Waals surface area contributed by atoms with E-state index in [2.05, 4.69) is 135 Å². The highest BCUT2D eigenvalue weighted by Crippen LogP contribution is 2.66. The molecule has 1 atom stereocenters. The van der Waals surface area contributed by atoms with E-state index >= 15 is 4.57 Å². The number of anilines is 2. The molecule has 0 aliphatic carbocycles. The van der Waals surface area contributed by atoms with E-state index in [-0.39, 0.29) is 0 Å². The summed E-state index contributed by atoms with van der Waals surface area (Å²) < 4.78 is 20.4. The van der Waals surface area contributed by atoms with Crippen LogP contribution in [0, 0.1) is 0 Å². The normalized spacial score (nSPS) is 17.2. The molecule has 11 rings (SSSR count). The minimum Gasteiger partial charge on any atom is -0.358 e. The van der Waals surface area contributed by atoms with Gasteiger partial charge in [0.1, 0.15) is 5.82 Å². The van der Waals surface area contributed by atoms with Crippen LogP contribution in [0.1, 0.15) is 0 Å². The standard InChI is InChI=1S/C37H22BN4OP/c43-44-35-19-8-3-12-26(35)27-13-9-18-34(36(27)44)41-32-21-20-23(40-30-15-5-1-10-24(30)25-11-2-6-16-31(25)40)22-28(32)37-39-29-14-4-7-17-33(29)42(37)38(41)44/h1-22H. The summed E-state index contributed by atoms with van der Waals surface area (Å²) in [6, 6.07) is 46.8. The van der Waals surface area contributed by atoms with Crippen LogP contribution in [0.3, 0.4) is 0 Å². The van der Waals surface area contributed by atoms with Gasteiger partial charge in [0.25, 0.3) is 0 Å². The molecule has 6 aromatic carbocycles. The van der Waals surface area contributed by atoms with Crippen LogP contribution in [0.5, 0.6) is 0 Å². The van der Waals surface area contributed by atoms with Crippen LogP contribution < -0.4 is 15.4 Å². The zero-order valence-corrected chi connectivity index (χ0v) is 24.3. The number of nitrogens with zero attached hydrogens (tertiary/aromatic N) is 4. The number of benzene rings is 6. The quantitative estimate of drug-likeness (QED) is 0.146. The lowest BCUT2D eigenvalue weighted by molar-refractivity contribution is 0.594. The van der Waals surface area contributed by atoms with Crippen molar-refractivity contribution in [3.8, 4) is 28.2 Å². The molecule has 3 aliphatic heterocycles. The van der Waals surface area contributed by atoms with Crippen molar-refractivity contribution in [1.82, 2.24) is 14.0 Å². The van der Waals surface area contributed by atoms with E-state index in [1.54, 1.807) is 0 Å². The minimum atomic E-state index is -3.11. The van der Waals surface area contributed by atoms with Crippen molar-refractivity contribution in [3.05, 3.63) is 133 Å². The van der Waals surface area contributed by atoms with Crippen LogP contribution in [0.25, 0.3) is 61.0 Å². The molecule has 0 saturated carbocycles. The van der Waals surface area contributed by atoms with Crippen LogP contribution in [-0.4, -0.2) is 20.7 Å². The number of hydrogen-bond donors (Lipinski definition) is 0. The molecule has 5 nitrogen and oxygen atoms in total. The Balaban J connectivity index is 1.26. The third-order valence-corrected chi connectivity index (χ3v) is 13.2. The van der Waals surface area contributed by atoms with Gasteiger partial charge < -0.3 is 18.4 Å². The number of rotatable bonds is 1. The van der Waals surface area contributed by atoms with Gasteiger partial charge in [-0.15, -0.1) is 0 Å². The van der Waals surface area contributed by atoms with Crippen molar-refractivity contribution in [2.45, 2.75) is 0 Å². The van der Waals surface area contributed by atoms with Crippen LogP contribution in [-0.2, 0) is 4.57 Å². The van der Waals surface area contributed by atoms with Crippen LogP contribution in [0.4, 0.5) is 11.4 Å². The lowest BCUT2D eigenvalue weighted by Gasteiger charge is -2.35. The van der Waals surface area contributed by atoms with Gasteiger partial charge >= 0.3 is 6.70 Å². The van der Waals surface area contributed by atoms with E-state index < -0.39 is 13.7 Å². The van der Waals surface area contributed by atoms with Gasteiger partial charge in [0.15, 0.2) is 7.02 Å². The van der Waals surface area contributed by atoms with E-state index in [1.807, 2.05) is 12.1 Å². The second-order valence-corrected chi connectivity index (χ2v) is 14.6. The van der Waals surface area contributed by atoms with Crippen molar-refractivity contribution in [3.63, 3.8) is 0 Å². The van der Waals surface area contributed by atoms with Gasteiger partial charge in [-0.2, -0.15) is 0 Å². The second kappa shape index (κ2) is 7.79. The summed E-state index contributed by atoms with van der Waals surface area (Å²) in [4.78, 5) is 7.58. The Kier molecular flexibility index (Phi) is 4.10. The monoisotopic (exact) mass is 580 g/mol. The number of para-hydroxylation sites is 4. The topological polar surface area (TPSA) is 43.1 Å². The van der Waals surface area contributed by atoms with Gasteiger partial charge in [-0.3, -0.25) is 0 Å². The van der Waals surface area contributed by atoms with Gasteiger partial charge in [0.2, 0.25) is 0 Å². The zero-order chi connectivity index (χ0) is 28.7. The highest BCUT2D eigenvalue weighted by atomic mass is 31.2. The van der Waals surface area contributed by atoms with E-state index in [1.165, 1.54) is 21.8 Å². The van der Waals surface area contributed by atoms with Gasteiger partial charge in [-0.1, -0.05) is 84.9 Å². The predicted molar refractivity (Wildman–Crippen MR) is 182 cm³/mol. The molecule has 5 heterocycles. The fraction of sp³-hybridized carbons (Fsp3) is 0. The van der Waals surface area contributed by atoms with Gasteiger partial charge in [-0.25, -0.2) is 4.98 Å². The molecule has 0 amide bonds. The summed E-state index contributed by atoms with van der Waals surface area (Å²) in [7, 11) is -3.11. The SMILES string of the molecule is O=P12B3N(c4ccc(-n5c6ccccc6c6ccccc65)cc4-c4nc5ccccc5n43)c3cccc(c31)-c1ccccc12. The zero-order valence-electron chi connectivity index (χ0n) is 23.4. The van der Waals surface area contributed by atoms with Gasteiger partial charge in [0.05, 0.1) is 22.1 Å². The van der Waals surface area contributed by atoms with Crippen LogP contribution >= 0.6 is 7.02 Å². The average molecular weight is 580 g/mol. The summed E-state index contributed by atoms with van der Waals surface area (Å²) in [6.07, 6.45) is 0. The molecule has 0 fully saturated rings. The molecule has 0 radical (unpaired) electrons. The highest BCUT2D eigenvalue weighted by Gasteiger charge is 2.62. The van der Waals surface area contributed by atoms with E-state index in [0.29, 0.717) is 0 Å². The summed E-state index contributed by atoms with van der Waals surface area (Å²) >= 11 is 0. The molecule has 3 aliphatic rings. The predicted octanol–water partition coefficient (Wildman–Crippen LogP) is 8.09. The molecule has 0 bridgehead atoms. The van der Waals surface area contributed by atoms with Crippen LogP contribution in [0.2, 0.25) is 0 Å². The largest absolute Gasteiger partial charge is 0.466 e. The smallest absolute Gasteiger partial charge is 0.358 e. The lowest BCUT2D eigenvalue weighted by Crippen LogP contribution is -2.44. The fourth-order valence-electron chi connectivity index (χ4n) is 8.18. The number of aromatic nitrogens is 3. The molecular formula is C37H22BN4OP. The molecule has 1 unspecified atom stereocenters. The maximum Gasteiger partial charge on any atom is 0.466 e. The average Bonchev–Trinajstić information content (AvgIpc) is 3.78. The van der Waals surface area contributed by atoms with E-state index in [4.69, 9.17) is 4.98 Å². The van der Waals surface area contributed by atoms with E-state index in [9.17, 15) is 0 Å². The Labute approximate surface area is 253 Å². The number of fused-ring (bicyclic) bond motifs is 16. The molecule has 0 saturated heterocycles. The van der Waals surface area contributed by atoms with Crippen molar-refractivity contribution in [2.24, 2.45) is 0 Å². The third-order valence-electron chi connectivity index (χ3n) is 9.86. The maximum absolute atomic E-state index is 15.8. The van der Waals surface area contributed by atoms with Crippen LogP contribution in [0.15, 0.2) is 133 Å². The Hall–Kier alpha value is -5.32. The Morgan fingerprint density at radius 1 is 0.591 bits per heavy atom. The number of imidazole rings is 1. The fourth-order valence-corrected chi connectivity index (χ4v) is 12.0. The first-order chi connectivity index (χ1) is 21.7. The van der Waals surface area contributed by atoms with Crippen molar-refractivity contribution in [1.29, 1.82) is 0 Å². The Bertz CT molecular complexity index is 2580. The van der Waals surface area contributed by atoms with Gasteiger partial charge in [-0.05, 0) is 59.7 Å². The summed E-state index contributed by atoms with van der Waals surface area (Å²) in [5.41, 5.74) is 10.6. The molecule has 204 valence electrons. The van der Waals surface area contributed by atoms with Crippen molar-refractivity contribution in [2.75, 3.05) is 4.81 Å². The van der Waals surface area contributed by atoms with Crippen molar-refractivity contribution < 1.29 is 4.57 Å². The first-order valence-electron chi connectivity index (χ1n) is 15.0. The maximum atomic E-state index is 15.8. The second-order valence-electron chi connectivity index (χ2n) is 11.9. The molecule has 0 N–H and O–H groups in total. The highest BCUT2D eigenvalue weighted by molar-refractivity contribution is 8.07. The number of hydrogen-bond acceptors (Lipinski definition) is 3. The van der Waals surface area contributed by atoms with Gasteiger partial charge in [0, 0.05) is 44.0 Å². The Morgan fingerprint density at radius 3 is 2.09 bits per heavy atom. The molecular weight excluding hydrogens is 558 g/mol. The van der Waals surface area contributed by atoms with E-state index in [0.717, 1.165) is 61.2 Å². The summed E-state index contributed by atoms with van der Waals surface area (Å²) in [6.45, 7) is -0.420. The van der Waals surface area contributed by atoms with Crippen molar-refractivity contribution >= 4 is 68.5 Å². The minimum absolute atomic E-state index is 0.420. The molecule has 2 aromatic heterocycles. The summed E-state index contributed by atoms with van der Waals surface area (Å²) in [5.74, 6) is 0.860. The first-order valence-corrected chi connectivity index (χ1v) is 16.7. The summed E-state index contributed by atoms with van der Waals surface area (Å²) in [5, 5.41) is 4.39. The molecule has 0 spiro atoms. The third kappa shape index (κ3) is 2.54. The molecule has 7 heteroatoms. The first kappa shape index (κ1) is 23.2. The lowest BCUT2D eigenvalue weighted by atomic mass is 9.92.